The zero-order valence-electron chi connectivity index (χ0n) is 12.3. The lowest BCUT2D eigenvalue weighted by Crippen LogP contribution is -2.44. The Labute approximate surface area is 133 Å². The number of nitrogens with one attached hydrogen (secondary N) is 1. The number of carbonyl (C=O) groups is 3. The first kappa shape index (κ1) is 20.0. The zero-order chi connectivity index (χ0) is 17.1. The number of ether oxygens (including phenoxy) is 1. The molecule has 2 atom stereocenters. The second-order valence-corrected chi connectivity index (χ2v) is 4.87. The second-order valence-electron chi connectivity index (χ2n) is 4.51. The van der Waals surface area contributed by atoms with E-state index in [-0.39, 0.29) is 31.1 Å². The second kappa shape index (κ2) is 10.7. The van der Waals surface area contributed by atoms with Crippen molar-refractivity contribution in [2.24, 2.45) is 22.4 Å². The molecule has 0 radical (unpaired) electrons. The van der Waals surface area contributed by atoms with Gasteiger partial charge >= 0.3 is 11.9 Å². The van der Waals surface area contributed by atoms with E-state index in [4.69, 9.17) is 16.6 Å². The summed E-state index contributed by atoms with van der Waals surface area (Å²) in [7, 11) is 1.21. The summed E-state index contributed by atoms with van der Waals surface area (Å²) in [5.74, 6) is -3.03. The normalized spacial score (nSPS) is 12.8. The molecular weight excluding hydrogens is 312 g/mol. The number of thiol groups is 1. The number of carbonyl (C=O) groups excluding carboxylic acids is 2. The van der Waals surface area contributed by atoms with Crippen LogP contribution in [0.2, 0.25) is 0 Å². The molecule has 0 aliphatic carbocycles. The van der Waals surface area contributed by atoms with E-state index in [0.29, 0.717) is 6.42 Å². The smallest absolute Gasteiger partial charge is 0.326 e. The Hall–Kier alpha value is -1.97. The molecule has 0 spiro atoms. The SMILES string of the molecule is COC(=O)CC(CS)C(=O)N[C@@H](CCCN=C(N)N)C(=O)O. The monoisotopic (exact) mass is 334 g/mol. The Bertz CT molecular complexity index is 426. The maximum Gasteiger partial charge on any atom is 0.326 e. The lowest BCUT2D eigenvalue weighted by atomic mass is 10.1. The summed E-state index contributed by atoms with van der Waals surface area (Å²) >= 11 is 3.99. The van der Waals surface area contributed by atoms with Gasteiger partial charge in [0.15, 0.2) is 5.96 Å². The number of nitrogens with two attached hydrogens (primary N) is 2. The molecule has 0 bridgehead atoms. The highest BCUT2D eigenvalue weighted by molar-refractivity contribution is 7.80. The molecule has 0 aromatic carbocycles. The summed E-state index contributed by atoms with van der Waals surface area (Å²) in [5.41, 5.74) is 10.3. The van der Waals surface area contributed by atoms with E-state index in [9.17, 15) is 14.4 Å². The van der Waals surface area contributed by atoms with Crippen LogP contribution in [0.3, 0.4) is 0 Å². The molecular formula is C12H22N4O5S. The summed E-state index contributed by atoms with van der Waals surface area (Å²) in [4.78, 5) is 38.0. The molecule has 0 aliphatic rings. The Morgan fingerprint density at radius 3 is 2.45 bits per heavy atom. The minimum absolute atomic E-state index is 0.0795. The van der Waals surface area contributed by atoms with Crippen LogP contribution in [0.4, 0.5) is 0 Å². The fourth-order valence-electron chi connectivity index (χ4n) is 1.58. The van der Waals surface area contributed by atoms with Gasteiger partial charge in [0, 0.05) is 12.3 Å². The van der Waals surface area contributed by atoms with Gasteiger partial charge in [0.1, 0.15) is 6.04 Å². The summed E-state index contributed by atoms with van der Waals surface area (Å²) in [5, 5.41) is 11.5. The largest absolute Gasteiger partial charge is 0.480 e. The van der Waals surface area contributed by atoms with Crippen LogP contribution in [0.5, 0.6) is 0 Å². The van der Waals surface area contributed by atoms with E-state index in [1.54, 1.807) is 0 Å². The van der Waals surface area contributed by atoms with E-state index in [1.807, 2.05) is 0 Å². The number of guanidine groups is 1. The van der Waals surface area contributed by atoms with Crippen molar-refractivity contribution in [2.75, 3.05) is 19.4 Å². The van der Waals surface area contributed by atoms with Crippen LogP contribution < -0.4 is 16.8 Å². The van der Waals surface area contributed by atoms with Crippen molar-refractivity contribution in [1.29, 1.82) is 0 Å². The molecule has 22 heavy (non-hydrogen) atoms. The summed E-state index contributed by atoms with van der Waals surface area (Å²) < 4.78 is 4.48. The highest BCUT2D eigenvalue weighted by Gasteiger charge is 2.26. The Morgan fingerprint density at radius 2 is 2.00 bits per heavy atom. The predicted molar refractivity (Wildman–Crippen MR) is 83.5 cm³/mol. The Balaban J connectivity index is 4.52. The minimum atomic E-state index is -1.17. The van der Waals surface area contributed by atoms with Crippen molar-refractivity contribution in [2.45, 2.75) is 25.3 Å². The number of hydrogen-bond acceptors (Lipinski definition) is 6. The fourth-order valence-corrected chi connectivity index (χ4v) is 1.87. The molecule has 9 nitrogen and oxygen atoms in total. The van der Waals surface area contributed by atoms with Gasteiger partial charge in [-0.1, -0.05) is 0 Å². The van der Waals surface area contributed by atoms with Crippen LogP contribution in [0.25, 0.3) is 0 Å². The lowest BCUT2D eigenvalue weighted by Gasteiger charge is -2.18. The third-order valence-electron chi connectivity index (χ3n) is 2.79. The van der Waals surface area contributed by atoms with Crippen molar-refractivity contribution in [3.05, 3.63) is 0 Å². The van der Waals surface area contributed by atoms with E-state index in [0.717, 1.165) is 0 Å². The molecule has 1 unspecified atom stereocenters. The minimum Gasteiger partial charge on any atom is -0.480 e. The van der Waals surface area contributed by atoms with Crippen molar-refractivity contribution >= 4 is 36.4 Å². The maximum absolute atomic E-state index is 12.0. The van der Waals surface area contributed by atoms with E-state index in [1.165, 1.54) is 7.11 Å². The first-order valence-corrected chi connectivity index (χ1v) is 7.21. The molecule has 0 aromatic rings. The van der Waals surface area contributed by atoms with Crippen LogP contribution in [-0.4, -0.2) is 54.4 Å². The highest BCUT2D eigenvalue weighted by Crippen LogP contribution is 2.09. The van der Waals surface area contributed by atoms with Gasteiger partial charge in [-0.05, 0) is 12.8 Å². The van der Waals surface area contributed by atoms with Crippen molar-refractivity contribution in [3.63, 3.8) is 0 Å². The van der Waals surface area contributed by atoms with Crippen LogP contribution in [0.1, 0.15) is 19.3 Å². The first-order chi connectivity index (χ1) is 10.3. The molecule has 0 fully saturated rings. The number of carboxylic acids is 1. The Kier molecular flexibility index (Phi) is 9.75. The number of nitrogens with zero attached hydrogens (tertiary/aromatic N) is 1. The van der Waals surface area contributed by atoms with Crippen LogP contribution in [-0.2, 0) is 19.1 Å². The molecule has 0 saturated heterocycles. The fraction of sp³-hybridized carbons (Fsp3) is 0.667. The van der Waals surface area contributed by atoms with Crippen LogP contribution in [0.15, 0.2) is 4.99 Å². The maximum atomic E-state index is 12.0. The molecule has 10 heteroatoms. The summed E-state index contributed by atoms with van der Waals surface area (Å²) in [6, 6.07) is -1.08. The van der Waals surface area contributed by atoms with Gasteiger partial charge in [0.25, 0.3) is 0 Å². The predicted octanol–water partition coefficient (Wildman–Crippen LogP) is -1.28. The standard InChI is InChI=1S/C12H22N4O5S/c1-21-9(17)5-7(6-22)10(18)16-8(11(19)20)3-2-4-15-12(13)14/h7-8,22H,2-6H2,1H3,(H,16,18)(H,19,20)(H4,13,14,15)/t7?,8-/m0/s1. The molecule has 0 aromatic heterocycles. The number of aliphatic imine (C=N–C) groups is 1. The average Bonchev–Trinajstić information content (AvgIpc) is 2.46. The van der Waals surface area contributed by atoms with Gasteiger partial charge in [0.05, 0.1) is 19.4 Å². The average molecular weight is 334 g/mol. The topological polar surface area (TPSA) is 157 Å². The number of esters is 1. The molecule has 0 heterocycles. The number of carboxylic acid groups (broad SMARTS) is 1. The molecule has 0 rings (SSSR count). The van der Waals surface area contributed by atoms with E-state index in [2.05, 4.69) is 27.7 Å². The molecule has 1 amide bonds. The zero-order valence-corrected chi connectivity index (χ0v) is 13.2. The Morgan fingerprint density at radius 1 is 1.36 bits per heavy atom. The van der Waals surface area contributed by atoms with Crippen molar-refractivity contribution in [3.8, 4) is 0 Å². The molecule has 0 saturated carbocycles. The number of aliphatic carboxylic acids is 1. The van der Waals surface area contributed by atoms with Gasteiger partial charge in [-0.3, -0.25) is 14.6 Å². The third-order valence-corrected chi connectivity index (χ3v) is 3.23. The van der Waals surface area contributed by atoms with Gasteiger partial charge in [-0.15, -0.1) is 0 Å². The van der Waals surface area contributed by atoms with Crippen molar-refractivity contribution < 1.29 is 24.2 Å². The van der Waals surface area contributed by atoms with Gasteiger partial charge in [0.2, 0.25) is 5.91 Å². The number of hydrogen-bond donors (Lipinski definition) is 5. The third kappa shape index (κ3) is 8.35. The number of methoxy groups -OCH3 is 1. The first-order valence-electron chi connectivity index (χ1n) is 6.58. The van der Waals surface area contributed by atoms with Gasteiger partial charge in [-0.25, -0.2) is 4.79 Å². The number of rotatable bonds is 10. The molecule has 6 N–H and O–H groups in total. The summed E-state index contributed by atoms with van der Waals surface area (Å²) in [6.45, 7) is 0.264. The quantitative estimate of drug-likeness (QED) is 0.109. The van der Waals surface area contributed by atoms with Crippen LogP contribution in [0, 0.1) is 5.92 Å². The van der Waals surface area contributed by atoms with Gasteiger partial charge < -0.3 is 26.6 Å². The highest BCUT2D eigenvalue weighted by atomic mass is 32.1. The van der Waals surface area contributed by atoms with Crippen LogP contribution >= 0.6 is 12.6 Å². The van der Waals surface area contributed by atoms with Crippen molar-refractivity contribution in [1.82, 2.24) is 5.32 Å². The summed E-state index contributed by atoms with van der Waals surface area (Å²) in [6.07, 6.45) is 0.388. The lowest BCUT2D eigenvalue weighted by molar-refractivity contribution is -0.145. The van der Waals surface area contributed by atoms with E-state index < -0.39 is 29.8 Å². The molecule has 126 valence electrons. The molecule has 0 aliphatic heterocycles. The van der Waals surface area contributed by atoms with Gasteiger partial charge in [-0.2, -0.15) is 12.6 Å². The van der Waals surface area contributed by atoms with E-state index >= 15 is 0 Å². The number of amides is 1.